The third-order valence-corrected chi connectivity index (χ3v) is 2.81. The predicted molar refractivity (Wildman–Crippen MR) is 55.7 cm³/mol. The van der Waals surface area contributed by atoms with Gasteiger partial charge < -0.3 is 10.4 Å². The lowest BCUT2D eigenvalue weighted by atomic mass is 10.1. The van der Waals surface area contributed by atoms with Gasteiger partial charge in [-0.2, -0.15) is 0 Å². The molecular formula is C9H15ClN2O3. The minimum absolute atomic E-state index is 0.0372. The van der Waals surface area contributed by atoms with Crippen LogP contribution in [0, 0.1) is 0 Å². The van der Waals surface area contributed by atoms with Gasteiger partial charge in [0.15, 0.2) is 0 Å². The highest BCUT2D eigenvalue weighted by molar-refractivity contribution is 6.18. The summed E-state index contributed by atoms with van der Waals surface area (Å²) in [6, 6.07) is -0.490. The van der Waals surface area contributed by atoms with Gasteiger partial charge in [0.05, 0.1) is 18.0 Å². The molecule has 0 radical (unpaired) electrons. The van der Waals surface area contributed by atoms with Gasteiger partial charge in [-0.15, -0.1) is 11.6 Å². The third-order valence-electron chi connectivity index (χ3n) is 2.23. The Morgan fingerprint density at radius 1 is 1.53 bits per heavy atom. The quantitative estimate of drug-likeness (QED) is 0.545. The Morgan fingerprint density at radius 2 is 2.07 bits per heavy atom. The van der Waals surface area contributed by atoms with E-state index in [0.717, 1.165) is 4.90 Å². The van der Waals surface area contributed by atoms with Crippen LogP contribution in [0.25, 0.3) is 0 Å². The Bertz CT molecular complexity index is 302. The first-order valence-electron chi connectivity index (χ1n) is 4.62. The van der Waals surface area contributed by atoms with Crippen molar-refractivity contribution in [2.45, 2.75) is 31.9 Å². The number of rotatable bonds is 3. The number of carbonyl (C=O) groups excluding carboxylic acids is 2. The molecule has 0 aromatic rings. The van der Waals surface area contributed by atoms with Crippen LogP contribution in [0.4, 0.5) is 4.79 Å². The maximum atomic E-state index is 11.7. The molecule has 1 fully saturated rings. The summed E-state index contributed by atoms with van der Waals surface area (Å²) in [7, 11) is 0. The molecule has 1 aliphatic heterocycles. The molecule has 5 nitrogen and oxygen atoms in total. The van der Waals surface area contributed by atoms with Crippen LogP contribution in [0.5, 0.6) is 0 Å². The first-order valence-corrected chi connectivity index (χ1v) is 5.15. The molecule has 15 heavy (non-hydrogen) atoms. The zero-order chi connectivity index (χ0) is 11.9. The molecule has 0 spiro atoms. The Hall–Kier alpha value is -0.810. The van der Waals surface area contributed by atoms with Crippen LogP contribution in [0.3, 0.4) is 0 Å². The first kappa shape index (κ1) is 12.3. The summed E-state index contributed by atoms with van der Waals surface area (Å²) in [5, 5.41) is 12.2. The fraction of sp³-hybridized carbons (Fsp3) is 0.778. The van der Waals surface area contributed by atoms with Crippen LogP contribution < -0.4 is 5.32 Å². The van der Waals surface area contributed by atoms with E-state index in [-0.39, 0.29) is 18.3 Å². The molecular weight excluding hydrogens is 220 g/mol. The van der Waals surface area contributed by atoms with Crippen molar-refractivity contribution >= 4 is 23.5 Å². The normalized spacial score (nSPS) is 23.9. The average Bonchev–Trinajstić information content (AvgIpc) is 2.28. The van der Waals surface area contributed by atoms with E-state index >= 15 is 0 Å². The van der Waals surface area contributed by atoms with Gasteiger partial charge in [0.1, 0.15) is 5.54 Å². The summed E-state index contributed by atoms with van der Waals surface area (Å²) in [5.41, 5.74) is -2.16. The van der Waals surface area contributed by atoms with E-state index < -0.39 is 17.2 Å². The molecule has 1 atom stereocenters. The number of carbonyl (C=O) groups is 2. The van der Waals surface area contributed by atoms with Crippen LogP contribution in [0.1, 0.15) is 20.8 Å². The van der Waals surface area contributed by atoms with E-state index in [9.17, 15) is 14.7 Å². The highest BCUT2D eigenvalue weighted by Gasteiger charge is 2.46. The second-order valence-electron chi connectivity index (χ2n) is 4.58. The van der Waals surface area contributed by atoms with Gasteiger partial charge in [0.25, 0.3) is 5.91 Å². The van der Waals surface area contributed by atoms with Crippen molar-refractivity contribution in [2.75, 3.05) is 12.4 Å². The van der Waals surface area contributed by atoms with Crippen LogP contribution in [-0.2, 0) is 4.79 Å². The Balaban J connectivity index is 2.81. The van der Waals surface area contributed by atoms with Crippen molar-refractivity contribution in [2.24, 2.45) is 0 Å². The summed E-state index contributed by atoms with van der Waals surface area (Å²) >= 11 is 5.52. The molecule has 6 heteroatoms. The molecule has 1 aliphatic rings. The Morgan fingerprint density at radius 3 is 2.40 bits per heavy atom. The van der Waals surface area contributed by atoms with Gasteiger partial charge >= 0.3 is 6.03 Å². The highest BCUT2D eigenvalue weighted by Crippen LogP contribution is 2.19. The number of amides is 3. The second-order valence-corrected chi connectivity index (χ2v) is 4.84. The van der Waals surface area contributed by atoms with Crippen LogP contribution >= 0.6 is 11.6 Å². The lowest BCUT2D eigenvalue weighted by Crippen LogP contribution is -2.46. The van der Waals surface area contributed by atoms with E-state index in [1.165, 1.54) is 6.92 Å². The number of nitrogens with one attached hydrogen (secondary N) is 1. The van der Waals surface area contributed by atoms with Crippen LogP contribution in [0.15, 0.2) is 0 Å². The van der Waals surface area contributed by atoms with E-state index in [1.807, 2.05) is 0 Å². The van der Waals surface area contributed by atoms with Gasteiger partial charge in [-0.1, -0.05) is 0 Å². The molecule has 86 valence electrons. The average molecular weight is 235 g/mol. The summed E-state index contributed by atoms with van der Waals surface area (Å²) in [4.78, 5) is 24.1. The van der Waals surface area contributed by atoms with Crippen molar-refractivity contribution in [3.8, 4) is 0 Å². The monoisotopic (exact) mass is 234 g/mol. The summed E-state index contributed by atoms with van der Waals surface area (Å²) in [5.74, 6) is -0.386. The van der Waals surface area contributed by atoms with Gasteiger partial charge in [-0.05, 0) is 20.8 Å². The zero-order valence-electron chi connectivity index (χ0n) is 9.00. The maximum Gasteiger partial charge on any atom is 0.325 e. The minimum atomic E-state index is -1.25. The van der Waals surface area contributed by atoms with Crippen molar-refractivity contribution < 1.29 is 14.7 Å². The van der Waals surface area contributed by atoms with E-state index in [2.05, 4.69) is 5.32 Å². The minimum Gasteiger partial charge on any atom is -0.387 e. The Kier molecular flexibility index (Phi) is 2.98. The largest absolute Gasteiger partial charge is 0.387 e. The van der Waals surface area contributed by atoms with Crippen molar-refractivity contribution in [3.63, 3.8) is 0 Å². The summed E-state index contributed by atoms with van der Waals surface area (Å²) < 4.78 is 0. The van der Waals surface area contributed by atoms with Gasteiger partial charge in [0.2, 0.25) is 0 Å². The van der Waals surface area contributed by atoms with Crippen molar-refractivity contribution in [1.29, 1.82) is 0 Å². The molecule has 0 saturated carbocycles. The maximum absolute atomic E-state index is 11.7. The fourth-order valence-electron chi connectivity index (χ4n) is 1.34. The predicted octanol–water partition coefficient (Wildman–Crippen LogP) is 0.307. The molecule has 3 amide bonds. The molecule has 2 N–H and O–H groups in total. The van der Waals surface area contributed by atoms with Crippen molar-refractivity contribution in [1.82, 2.24) is 10.2 Å². The number of halogens is 1. The topological polar surface area (TPSA) is 69.6 Å². The lowest BCUT2D eigenvalue weighted by molar-refractivity contribution is -0.132. The smallest absolute Gasteiger partial charge is 0.325 e. The number of hydrogen-bond donors (Lipinski definition) is 2. The standard InChI is InChI=1S/C9H15ClN2O3/c1-8(2)6(13)12(7(14)11-8)5-9(3,15)4-10/h15H,4-5H2,1-3H3,(H,11,14). The van der Waals surface area contributed by atoms with E-state index in [1.54, 1.807) is 13.8 Å². The molecule has 1 unspecified atom stereocenters. The number of nitrogens with zero attached hydrogens (tertiary/aromatic N) is 1. The Labute approximate surface area is 93.4 Å². The van der Waals surface area contributed by atoms with Crippen LogP contribution in [0.2, 0.25) is 0 Å². The molecule has 0 aromatic heterocycles. The number of alkyl halides is 1. The van der Waals surface area contributed by atoms with Gasteiger partial charge in [-0.25, -0.2) is 4.79 Å². The van der Waals surface area contributed by atoms with Gasteiger partial charge in [0, 0.05) is 0 Å². The van der Waals surface area contributed by atoms with Gasteiger partial charge in [-0.3, -0.25) is 9.69 Å². The summed E-state index contributed by atoms with van der Waals surface area (Å²) in [6.07, 6.45) is 0. The molecule has 1 heterocycles. The lowest BCUT2D eigenvalue weighted by Gasteiger charge is -2.25. The SMILES string of the molecule is CC(O)(CCl)CN1C(=O)NC(C)(C)C1=O. The highest BCUT2D eigenvalue weighted by atomic mass is 35.5. The zero-order valence-corrected chi connectivity index (χ0v) is 9.76. The molecule has 0 bridgehead atoms. The number of aliphatic hydroxyl groups is 1. The molecule has 0 aliphatic carbocycles. The van der Waals surface area contributed by atoms with Crippen LogP contribution in [-0.4, -0.2) is 45.5 Å². The van der Waals surface area contributed by atoms with Crippen molar-refractivity contribution in [3.05, 3.63) is 0 Å². The fourth-order valence-corrected chi connectivity index (χ4v) is 1.43. The third kappa shape index (κ3) is 2.41. The second kappa shape index (κ2) is 3.64. The number of hydrogen-bond acceptors (Lipinski definition) is 3. The van der Waals surface area contributed by atoms with E-state index in [0.29, 0.717) is 0 Å². The van der Waals surface area contributed by atoms with E-state index in [4.69, 9.17) is 11.6 Å². The number of imide groups is 1. The summed E-state index contributed by atoms with van der Waals surface area (Å²) in [6.45, 7) is 4.61. The molecule has 0 aromatic carbocycles. The number of urea groups is 1. The molecule has 1 saturated heterocycles. The number of β-amino-alcohol motifs (C(OH)–C–C–N with tert-alkyl or cyclic N) is 1. The first-order chi connectivity index (χ1) is 6.69. The molecule has 1 rings (SSSR count).